The van der Waals surface area contributed by atoms with Gasteiger partial charge in [0.05, 0.1) is 0 Å². The van der Waals surface area contributed by atoms with E-state index in [2.05, 4.69) is 16.0 Å². The summed E-state index contributed by atoms with van der Waals surface area (Å²) < 4.78 is 0. The van der Waals surface area contributed by atoms with Crippen LogP contribution < -0.4 is 5.73 Å². The van der Waals surface area contributed by atoms with Crippen LogP contribution >= 0.6 is 0 Å². The fourth-order valence-electron chi connectivity index (χ4n) is 2.53. The van der Waals surface area contributed by atoms with Crippen LogP contribution in [0.5, 0.6) is 0 Å². The number of nitrogens with zero attached hydrogens (tertiary/aromatic N) is 3. The van der Waals surface area contributed by atoms with Crippen LogP contribution in [0.3, 0.4) is 0 Å². The molecule has 1 aromatic heterocycles. The number of hydrogen-bond acceptors (Lipinski definition) is 4. The number of hydrogen-bond donors (Lipinski definition) is 1. The Hall–Kier alpha value is -1.93. The number of piperidine rings is 1. The summed E-state index contributed by atoms with van der Waals surface area (Å²) in [5, 5.41) is 8.82. The number of aromatic nitrogens is 1. The summed E-state index contributed by atoms with van der Waals surface area (Å²) in [7, 11) is 0. The number of carbonyl (C=O) groups excluding carboxylic acids is 1. The normalized spacial score (nSPS) is 17.0. The van der Waals surface area contributed by atoms with Crippen LogP contribution in [-0.4, -0.2) is 28.9 Å². The lowest BCUT2D eigenvalue weighted by atomic mass is 9.93. The molecule has 0 atom stereocenters. The van der Waals surface area contributed by atoms with Gasteiger partial charge in [-0.2, -0.15) is 5.26 Å². The van der Waals surface area contributed by atoms with Crippen LogP contribution in [0.15, 0.2) is 18.3 Å². The summed E-state index contributed by atoms with van der Waals surface area (Å²) in [5.41, 5.74) is 6.79. The molecule has 0 aromatic carbocycles. The van der Waals surface area contributed by atoms with Gasteiger partial charge in [0.1, 0.15) is 11.8 Å². The molecule has 5 nitrogen and oxygen atoms in total. The van der Waals surface area contributed by atoms with Crippen molar-refractivity contribution in [1.29, 1.82) is 5.26 Å². The minimum atomic E-state index is -0.203. The van der Waals surface area contributed by atoms with Gasteiger partial charge in [-0.3, -0.25) is 9.69 Å². The Balaban J connectivity index is 1.85. The maximum absolute atomic E-state index is 10.9. The van der Waals surface area contributed by atoms with Gasteiger partial charge in [-0.15, -0.1) is 0 Å². The van der Waals surface area contributed by atoms with Crippen molar-refractivity contribution in [3.63, 3.8) is 0 Å². The van der Waals surface area contributed by atoms with E-state index in [0.29, 0.717) is 18.0 Å². The van der Waals surface area contributed by atoms with Crippen molar-refractivity contribution in [2.75, 3.05) is 13.1 Å². The first kappa shape index (κ1) is 13.5. The number of amides is 1. The van der Waals surface area contributed by atoms with Crippen LogP contribution in [0, 0.1) is 17.2 Å². The fourth-order valence-corrected chi connectivity index (χ4v) is 2.53. The van der Waals surface area contributed by atoms with Gasteiger partial charge in [0.15, 0.2) is 0 Å². The molecule has 1 amide bonds. The highest BCUT2D eigenvalue weighted by molar-refractivity contribution is 5.73. The van der Waals surface area contributed by atoms with E-state index in [1.165, 1.54) is 0 Å². The Bertz CT molecular complexity index is 486. The van der Waals surface area contributed by atoms with Gasteiger partial charge in [0.25, 0.3) is 0 Å². The number of likely N-dealkylation sites (tertiary alicyclic amines) is 1. The Morgan fingerprint density at radius 2 is 2.26 bits per heavy atom. The lowest BCUT2D eigenvalue weighted by molar-refractivity contribution is -0.119. The van der Waals surface area contributed by atoms with E-state index < -0.39 is 0 Å². The van der Waals surface area contributed by atoms with Crippen molar-refractivity contribution >= 4 is 5.91 Å². The lowest BCUT2D eigenvalue weighted by Gasteiger charge is -2.31. The van der Waals surface area contributed by atoms with Crippen LogP contribution in [0.25, 0.3) is 0 Å². The van der Waals surface area contributed by atoms with Crippen LogP contribution in [0.4, 0.5) is 0 Å². The highest BCUT2D eigenvalue weighted by atomic mass is 16.1. The molecule has 1 aliphatic heterocycles. The summed E-state index contributed by atoms with van der Waals surface area (Å²) in [6, 6.07) is 5.82. The average Bonchev–Trinajstić information content (AvgIpc) is 2.41. The highest BCUT2D eigenvalue weighted by Crippen LogP contribution is 2.21. The molecule has 0 radical (unpaired) electrons. The zero-order chi connectivity index (χ0) is 13.7. The molecule has 2 heterocycles. The van der Waals surface area contributed by atoms with E-state index in [1.54, 1.807) is 6.20 Å². The minimum Gasteiger partial charge on any atom is -0.370 e. The maximum atomic E-state index is 10.9. The predicted octanol–water partition coefficient (Wildman–Crippen LogP) is 1.04. The van der Waals surface area contributed by atoms with Gasteiger partial charge in [0, 0.05) is 19.2 Å². The first-order valence-corrected chi connectivity index (χ1v) is 6.53. The molecular formula is C14H18N4O. The van der Waals surface area contributed by atoms with E-state index in [1.807, 2.05) is 12.1 Å². The monoisotopic (exact) mass is 258 g/mol. The van der Waals surface area contributed by atoms with Crippen LogP contribution in [-0.2, 0) is 11.3 Å². The minimum absolute atomic E-state index is 0.203. The largest absolute Gasteiger partial charge is 0.370 e. The summed E-state index contributed by atoms with van der Waals surface area (Å²) in [6.07, 6.45) is 4.20. The molecule has 2 rings (SSSR count). The SMILES string of the molecule is N#Cc1cc(CN2CCC(CC(N)=O)CC2)ccn1. The third-order valence-corrected chi connectivity index (χ3v) is 3.54. The molecule has 5 heteroatoms. The zero-order valence-electron chi connectivity index (χ0n) is 10.9. The number of rotatable bonds is 4. The van der Waals surface area contributed by atoms with E-state index >= 15 is 0 Å². The van der Waals surface area contributed by atoms with Gasteiger partial charge in [-0.05, 0) is 49.5 Å². The van der Waals surface area contributed by atoms with Crippen molar-refractivity contribution in [2.45, 2.75) is 25.8 Å². The van der Waals surface area contributed by atoms with Crippen molar-refractivity contribution < 1.29 is 4.79 Å². The van der Waals surface area contributed by atoms with E-state index in [4.69, 9.17) is 11.0 Å². The number of nitriles is 1. The van der Waals surface area contributed by atoms with Gasteiger partial charge >= 0.3 is 0 Å². The summed E-state index contributed by atoms with van der Waals surface area (Å²) in [5.74, 6) is 0.229. The maximum Gasteiger partial charge on any atom is 0.217 e. The quantitative estimate of drug-likeness (QED) is 0.874. The van der Waals surface area contributed by atoms with Gasteiger partial charge < -0.3 is 5.73 Å². The molecule has 100 valence electrons. The summed E-state index contributed by atoms with van der Waals surface area (Å²) in [4.78, 5) is 17.2. The Kier molecular flexibility index (Phi) is 4.48. The molecule has 1 fully saturated rings. The molecule has 0 spiro atoms. The third-order valence-electron chi connectivity index (χ3n) is 3.54. The first-order valence-electron chi connectivity index (χ1n) is 6.53. The Morgan fingerprint density at radius 3 is 2.89 bits per heavy atom. The van der Waals surface area contributed by atoms with Gasteiger partial charge in [-0.25, -0.2) is 4.98 Å². The van der Waals surface area contributed by atoms with Crippen LogP contribution in [0.1, 0.15) is 30.5 Å². The summed E-state index contributed by atoms with van der Waals surface area (Å²) in [6.45, 7) is 2.78. The highest BCUT2D eigenvalue weighted by Gasteiger charge is 2.20. The molecule has 0 unspecified atom stereocenters. The number of primary amides is 1. The first-order chi connectivity index (χ1) is 9.17. The molecular weight excluding hydrogens is 240 g/mol. The second kappa shape index (κ2) is 6.30. The molecule has 0 aliphatic carbocycles. The molecule has 2 N–H and O–H groups in total. The molecule has 0 bridgehead atoms. The van der Waals surface area contributed by atoms with Gasteiger partial charge in [0.2, 0.25) is 5.91 Å². The lowest BCUT2D eigenvalue weighted by Crippen LogP contribution is -2.34. The van der Waals surface area contributed by atoms with E-state index in [-0.39, 0.29) is 5.91 Å². The van der Waals surface area contributed by atoms with Crippen molar-refractivity contribution in [2.24, 2.45) is 11.7 Å². The summed E-state index contributed by atoms with van der Waals surface area (Å²) >= 11 is 0. The molecule has 1 aromatic rings. The standard InChI is InChI=1S/C14H18N4O/c15-9-13-7-12(1-4-17-13)10-18-5-2-11(3-6-18)8-14(16)19/h1,4,7,11H,2-3,5-6,8,10H2,(H2,16,19). The molecule has 1 saturated heterocycles. The molecule has 1 aliphatic rings. The Labute approximate surface area is 113 Å². The van der Waals surface area contributed by atoms with Crippen LogP contribution in [0.2, 0.25) is 0 Å². The topological polar surface area (TPSA) is 83.0 Å². The zero-order valence-corrected chi connectivity index (χ0v) is 10.9. The predicted molar refractivity (Wildman–Crippen MR) is 70.8 cm³/mol. The Morgan fingerprint density at radius 1 is 1.53 bits per heavy atom. The van der Waals surface area contributed by atoms with E-state index in [9.17, 15) is 4.79 Å². The molecule has 19 heavy (non-hydrogen) atoms. The average molecular weight is 258 g/mol. The van der Waals surface area contributed by atoms with Crippen molar-refractivity contribution in [3.8, 4) is 6.07 Å². The van der Waals surface area contributed by atoms with Crippen molar-refractivity contribution in [1.82, 2.24) is 9.88 Å². The van der Waals surface area contributed by atoms with Gasteiger partial charge in [-0.1, -0.05) is 0 Å². The number of nitrogens with two attached hydrogens (primary N) is 1. The number of pyridine rings is 1. The fraction of sp³-hybridized carbons (Fsp3) is 0.500. The number of carbonyl (C=O) groups is 1. The third kappa shape index (κ3) is 4.04. The second-order valence-electron chi connectivity index (χ2n) is 5.05. The molecule has 0 saturated carbocycles. The second-order valence-corrected chi connectivity index (χ2v) is 5.05. The van der Waals surface area contributed by atoms with Crippen molar-refractivity contribution in [3.05, 3.63) is 29.6 Å². The van der Waals surface area contributed by atoms with E-state index in [0.717, 1.165) is 38.0 Å². The smallest absolute Gasteiger partial charge is 0.217 e.